The average Bonchev–Trinajstić information content (AvgIpc) is 3.64. The minimum absolute atomic E-state index is 0.0574. The van der Waals surface area contributed by atoms with E-state index in [4.69, 9.17) is 18.9 Å². The molecule has 0 saturated heterocycles. The van der Waals surface area contributed by atoms with E-state index in [1.807, 2.05) is 182 Å². The molecular weight excluding hydrogens is 877 g/mol. The smallest absolute Gasteiger partial charge is 0.209 e. The highest BCUT2D eigenvalue weighted by Crippen LogP contribution is 2.55. The predicted molar refractivity (Wildman–Crippen MR) is 271 cm³/mol. The Bertz CT molecular complexity index is 3360. The average molecular weight is 919 g/mol. The molecule has 3 aliphatic heterocycles. The third-order valence-electron chi connectivity index (χ3n) is 13.4. The van der Waals surface area contributed by atoms with Gasteiger partial charge in [0.25, 0.3) is 0 Å². The molecule has 0 radical (unpaired) electrons. The Balaban J connectivity index is 0.874. The number of para-hydroxylation sites is 6. The van der Waals surface area contributed by atoms with Crippen molar-refractivity contribution in [3.8, 4) is 67.9 Å². The van der Waals surface area contributed by atoms with Crippen LogP contribution in [0.5, 0.6) is 34.5 Å². The molecule has 2 aliphatic carbocycles. The highest BCUT2D eigenvalue weighted by molar-refractivity contribution is 7.92. The van der Waals surface area contributed by atoms with Gasteiger partial charge in [-0.25, -0.2) is 8.42 Å². The van der Waals surface area contributed by atoms with Crippen molar-refractivity contribution < 1.29 is 27.4 Å². The first kappa shape index (κ1) is 40.7. The van der Waals surface area contributed by atoms with Crippen LogP contribution in [0.1, 0.15) is 0 Å². The number of nitrogens with zero attached hydrogens (tertiary/aromatic N) is 2. The van der Waals surface area contributed by atoms with Gasteiger partial charge in [-0.1, -0.05) is 158 Å². The Morgan fingerprint density at radius 2 is 0.710 bits per heavy atom. The maximum absolute atomic E-state index is 15.4. The van der Waals surface area contributed by atoms with Gasteiger partial charge >= 0.3 is 0 Å². The molecule has 5 aliphatic rings. The molecule has 0 spiro atoms. The Morgan fingerprint density at radius 3 is 1.16 bits per heavy atom. The van der Waals surface area contributed by atoms with Crippen molar-refractivity contribution in [3.05, 3.63) is 231 Å². The van der Waals surface area contributed by atoms with Crippen LogP contribution >= 0.6 is 0 Å². The largest absolute Gasteiger partial charge is 0.478 e. The van der Waals surface area contributed by atoms with E-state index in [1.54, 1.807) is 0 Å². The monoisotopic (exact) mass is 918 g/mol. The lowest BCUT2D eigenvalue weighted by atomic mass is 9.95. The number of hydrogen-bond donors (Lipinski definition) is 0. The Kier molecular flexibility index (Phi) is 9.66. The summed E-state index contributed by atoms with van der Waals surface area (Å²) in [5.41, 5.74) is 7.38. The molecule has 0 fully saturated rings. The van der Waals surface area contributed by atoms with Gasteiger partial charge in [-0.15, -0.1) is 0 Å². The number of allylic oxidation sites excluding steroid dienone is 4. The lowest BCUT2D eigenvalue weighted by molar-refractivity contribution is 0.210. The maximum Gasteiger partial charge on any atom is 0.209 e. The van der Waals surface area contributed by atoms with Crippen LogP contribution in [0.15, 0.2) is 240 Å². The molecule has 4 atom stereocenters. The summed E-state index contributed by atoms with van der Waals surface area (Å²) in [7, 11) is -4.13. The van der Waals surface area contributed by atoms with Gasteiger partial charge in [0.15, 0.2) is 23.0 Å². The van der Waals surface area contributed by atoms with Gasteiger partial charge in [0.1, 0.15) is 23.7 Å². The first-order valence-corrected chi connectivity index (χ1v) is 24.5. The van der Waals surface area contributed by atoms with Crippen LogP contribution in [0.25, 0.3) is 33.4 Å². The second kappa shape index (κ2) is 16.4. The summed E-state index contributed by atoms with van der Waals surface area (Å²) in [5.74, 6) is 3.22. The fraction of sp³-hybridized carbons (Fsp3) is 0.0667. The molecule has 0 amide bonds. The Hall–Kier alpha value is -8.53. The minimum Gasteiger partial charge on any atom is -0.478 e. The molecule has 69 heavy (non-hydrogen) atoms. The number of fused-ring (bicyclic) bond motifs is 7. The number of benzene rings is 8. The zero-order valence-electron chi connectivity index (χ0n) is 37.0. The van der Waals surface area contributed by atoms with Crippen LogP contribution in [0.4, 0.5) is 22.7 Å². The van der Waals surface area contributed by atoms with Crippen molar-refractivity contribution in [3.63, 3.8) is 0 Å². The highest BCUT2D eigenvalue weighted by Gasteiger charge is 2.41. The Morgan fingerprint density at radius 1 is 0.362 bits per heavy atom. The van der Waals surface area contributed by atoms with Crippen molar-refractivity contribution in [2.75, 3.05) is 9.80 Å². The summed E-state index contributed by atoms with van der Waals surface area (Å²) < 4.78 is 58.1. The molecule has 334 valence electrons. The summed E-state index contributed by atoms with van der Waals surface area (Å²) >= 11 is 0. The molecule has 8 aromatic carbocycles. The predicted octanol–water partition coefficient (Wildman–Crippen LogP) is 14.2. The second-order valence-corrected chi connectivity index (χ2v) is 19.2. The van der Waals surface area contributed by atoms with Crippen LogP contribution in [0, 0.1) is 0 Å². The van der Waals surface area contributed by atoms with Gasteiger partial charge < -0.3 is 28.7 Å². The quantitative estimate of drug-likeness (QED) is 0.149. The van der Waals surface area contributed by atoms with Crippen molar-refractivity contribution in [2.45, 2.75) is 34.1 Å². The minimum atomic E-state index is -4.13. The molecule has 0 bridgehead atoms. The molecule has 8 aromatic rings. The molecule has 9 heteroatoms. The molecule has 0 saturated carbocycles. The summed E-state index contributed by atoms with van der Waals surface area (Å²) in [4.78, 5) is 5.00. The van der Waals surface area contributed by atoms with Gasteiger partial charge in [0.2, 0.25) is 9.84 Å². The van der Waals surface area contributed by atoms with E-state index in [0.29, 0.717) is 67.9 Å². The lowest BCUT2D eigenvalue weighted by Gasteiger charge is -2.42. The number of ether oxygens (including phenoxy) is 4. The fourth-order valence-corrected chi connectivity index (χ4v) is 12.5. The van der Waals surface area contributed by atoms with Gasteiger partial charge in [-0.2, -0.15) is 0 Å². The molecule has 0 aromatic heterocycles. The second-order valence-electron chi connectivity index (χ2n) is 17.4. The third-order valence-corrected chi connectivity index (χ3v) is 15.3. The van der Waals surface area contributed by atoms with E-state index in [0.717, 1.165) is 22.7 Å². The molecule has 13 rings (SSSR count). The Labute approximate surface area is 400 Å². The zero-order valence-corrected chi connectivity index (χ0v) is 37.8. The first-order valence-electron chi connectivity index (χ1n) is 23.1. The topological polar surface area (TPSA) is 77.5 Å². The van der Waals surface area contributed by atoms with Crippen molar-refractivity contribution >= 4 is 32.6 Å². The number of hydrogen-bond acceptors (Lipinski definition) is 8. The molecule has 8 nitrogen and oxygen atoms in total. The van der Waals surface area contributed by atoms with Crippen LogP contribution in [-0.4, -0.2) is 32.7 Å². The molecular formula is C60H42N2O6S. The standard InChI is InChI=1S/C60H42N2O6S/c63-69(64)59-43(41-23-7-11-33-51(41)65-55-37-17-31-49-57(55)67-53-35-13-9-29-47(53)61(49)39-19-3-1-4-20-39)25-15-27-45(59)46-28-16-26-44(60(46)69)42-24-8-12-34-52(42)66-56-38-18-32-50-58(56)68-54-36-14-10-30-48(54)62(50)40-21-5-2-6-22-40/h1-38,47-48,53-54H. The van der Waals surface area contributed by atoms with Crippen LogP contribution in [0.2, 0.25) is 0 Å². The highest BCUT2D eigenvalue weighted by atomic mass is 32.2. The van der Waals surface area contributed by atoms with Gasteiger partial charge in [-0.05, 0) is 72.8 Å². The van der Waals surface area contributed by atoms with E-state index in [2.05, 4.69) is 58.4 Å². The van der Waals surface area contributed by atoms with E-state index in [9.17, 15) is 0 Å². The van der Waals surface area contributed by atoms with Crippen LogP contribution in [0.3, 0.4) is 0 Å². The summed E-state index contributed by atoms with van der Waals surface area (Å²) in [6, 6.07) is 58.7. The van der Waals surface area contributed by atoms with Crippen LogP contribution < -0.4 is 28.7 Å². The third kappa shape index (κ3) is 6.68. The van der Waals surface area contributed by atoms with Crippen molar-refractivity contribution in [1.82, 2.24) is 0 Å². The maximum atomic E-state index is 15.4. The normalized spacial score (nSPS) is 19.5. The van der Waals surface area contributed by atoms with Crippen LogP contribution in [-0.2, 0) is 9.84 Å². The van der Waals surface area contributed by atoms with Crippen molar-refractivity contribution in [1.29, 1.82) is 0 Å². The number of sulfone groups is 1. The summed E-state index contributed by atoms with van der Waals surface area (Å²) in [6.07, 6.45) is 16.0. The first-order chi connectivity index (χ1) is 34.0. The van der Waals surface area contributed by atoms with E-state index in [1.165, 1.54) is 0 Å². The fourth-order valence-electron chi connectivity index (χ4n) is 10.4. The number of anilines is 4. The van der Waals surface area contributed by atoms with E-state index >= 15 is 8.42 Å². The summed E-state index contributed by atoms with van der Waals surface area (Å²) in [5, 5.41) is 0. The van der Waals surface area contributed by atoms with Gasteiger partial charge in [-0.3, -0.25) is 0 Å². The van der Waals surface area contributed by atoms with E-state index < -0.39 is 9.84 Å². The molecule has 4 unspecified atom stereocenters. The van der Waals surface area contributed by atoms with E-state index in [-0.39, 0.29) is 34.1 Å². The van der Waals surface area contributed by atoms with Gasteiger partial charge in [0, 0.05) is 44.8 Å². The molecule has 3 heterocycles. The lowest BCUT2D eigenvalue weighted by Crippen LogP contribution is -2.46. The number of rotatable bonds is 8. The van der Waals surface area contributed by atoms with Gasteiger partial charge in [0.05, 0.1) is 33.2 Å². The van der Waals surface area contributed by atoms with Crippen molar-refractivity contribution in [2.24, 2.45) is 0 Å². The molecule has 0 N–H and O–H groups in total. The summed E-state index contributed by atoms with van der Waals surface area (Å²) in [6.45, 7) is 0. The zero-order chi connectivity index (χ0) is 46.1. The SMILES string of the molecule is O=S1(=O)c2c(-c3ccccc3Oc3cccc4c3OC3C=CC=CC3N4c3ccccc3)cccc2-c2cccc(-c3ccccc3Oc3cccc4c3OC3C=CC=CC3N4c3ccccc3)c21.